The van der Waals surface area contributed by atoms with Gasteiger partial charge in [0.1, 0.15) is 0 Å². The van der Waals surface area contributed by atoms with Crippen molar-refractivity contribution in [1.82, 2.24) is 15.5 Å². The number of hydrogen-bond donors (Lipinski definition) is 3. The Balaban J connectivity index is 1.83. The van der Waals surface area contributed by atoms with Gasteiger partial charge in [-0.3, -0.25) is 9.59 Å². The van der Waals surface area contributed by atoms with Crippen LogP contribution in [0.1, 0.15) is 62.0 Å². The van der Waals surface area contributed by atoms with Gasteiger partial charge in [-0.2, -0.15) is 0 Å². The van der Waals surface area contributed by atoms with Gasteiger partial charge in [-0.15, -0.1) is 0 Å². The van der Waals surface area contributed by atoms with Crippen molar-refractivity contribution in [2.24, 2.45) is 5.92 Å². The zero-order valence-corrected chi connectivity index (χ0v) is 21.8. The normalized spacial score (nSPS) is 11.9. The van der Waals surface area contributed by atoms with Gasteiger partial charge in [0.05, 0.1) is 5.92 Å². The number of carbonyl (C=O) groups is 2. The van der Waals surface area contributed by atoms with Crippen LogP contribution < -0.4 is 16.0 Å². The lowest BCUT2D eigenvalue weighted by Crippen LogP contribution is -2.36. The number of thiocarbonyl (C=S) groups is 1. The third-order valence-corrected chi connectivity index (χ3v) is 5.97. The molecule has 0 aliphatic heterocycles. The number of likely N-dealkylation sites (N-methyl/N-ethyl adjacent to an activating group) is 1. The van der Waals surface area contributed by atoms with Crippen molar-refractivity contribution in [3.8, 4) is 0 Å². The minimum atomic E-state index is -0.324. The van der Waals surface area contributed by atoms with E-state index in [1.165, 1.54) is 5.56 Å². The molecule has 6 nitrogen and oxygen atoms in total. The van der Waals surface area contributed by atoms with E-state index in [4.69, 9.17) is 12.2 Å². The number of nitrogens with one attached hydrogen (secondary N) is 3. The minimum Gasteiger partial charge on any atom is -0.351 e. The summed E-state index contributed by atoms with van der Waals surface area (Å²) in [4.78, 5) is 27.2. The van der Waals surface area contributed by atoms with Crippen LogP contribution in [0, 0.1) is 5.92 Å². The van der Waals surface area contributed by atoms with Crippen molar-refractivity contribution < 1.29 is 9.59 Å². The Morgan fingerprint density at radius 2 is 1.56 bits per heavy atom. The fourth-order valence-corrected chi connectivity index (χ4v) is 3.84. The average Bonchev–Trinajstić information content (AvgIpc) is 2.81. The first-order chi connectivity index (χ1) is 16.2. The van der Waals surface area contributed by atoms with Gasteiger partial charge in [-0.05, 0) is 80.0 Å². The van der Waals surface area contributed by atoms with Gasteiger partial charge in [0.2, 0.25) is 5.91 Å². The van der Waals surface area contributed by atoms with Gasteiger partial charge in [-0.25, -0.2) is 0 Å². The number of amides is 2. The van der Waals surface area contributed by atoms with Crippen LogP contribution in [0.15, 0.2) is 48.5 Å². The topological polar surface area (TPSA) is 73.5 Å². The van der Waals surface area contributed by atoms with E-state index in [9.17, 15) is 9.59 Å². The summed E-state index contributed by atoms with van der Waals surface area (Å²) in [5.41, 5.74) is 3.50. The summed E-state index contributed by atoms with van der Waals surface area (Å²) >= 11 is 5.31. The van der Waals surface area contributed by atoms with Gasteiger partial charge in [0, 0.05) is 24.3 Å². The smallest absolute Gasteiger partial charge is 0.251 e. The molecule has 0 bridgehead atoms. The molecule has 0 aliphatic carbocycles. The van der Waals surface area contributed by atoms with Gasteiger partial charge < -0.3 is 20.9 Å². The first-order valence-electron chi connectivity index (χ1n) is 12.0. The van der Waals surface area contributed by atoms with Crippen LogP contribution in [0.4, 0.5) is 5.69 Å². The number of carbonyl (C=O) groups excluding carboxylic acids is 2. The highest BCUT2D eigenvalue weighted by Gasteiger charge is 2.16. The SMILES string of the molecule is CCN(CC)CCNC(=O)c1ccc(NC(=S)NC(=O)C(C)c2ccc(CC(C)C)cc2)cc1. The fourth-order valence-electron chi connectivity index (χ4n) is 3.62. The lowest BCUT2D eigenvalue weighted by Gasteiger charge is -2.18. The summed E-state index contributed by atoms with van der Waals surface area (Å²) in [5.74, 6) is -0.00702. The van der Waals surface area contributed by atoms with E-state index in [1.807, 2.05) is 19.1 Å². The minimum absolute atomic E-state index is 0.108. The molecule has 0 heterocycles. The molecule has 7 heteroatoms. The van der Waals surface area contributed by atoms with Crippen molar-refractivity contribution in [3.63, 3.8) is 0 Å². The van der Waals surface area contributed by atoms with Gasteiger partial charge in [-0.1, -0.05) is 52.0 Å². The van der Waals surface area contributed by atoms with E-state index in [0.717, 1.165) is 31.6 Å². The molecule has 0 radical (unpaired) electrons. The summed E-state index contributed by atoms with van der Waals surface area (Å²) < 4.78 is 0. The predicted octanol–water partition coefficient (Wildman–Crippen LogP) is 4.57. The fraction of sp³-hybridized carbons (Fsp3) is 0.444. The third-order valence-electron chi connectivity index (χ3n) is 5.77. The highest BCUT2D eigenvalue weighted by Crippen LogP contribution is 2.18. The van der Waals surface area contributed by atoms with Crippen LogP contribution in [-0.4, -0.2) is 48.0 Å². The molecule has 1 atom stereocenters. The maximum atomic E-state index is 12.6. The van der Waals surface area contributed by atoms with Crippen molar-refractivity contribution in [1.29, 1.82) is 0 Å². The lowest BCUT2D eigenvalue weighted by atomic mass is 9.96. The van der Waals surface area contributed by atoms with Gasteiger partial charge in [0.25, 0.3) is 5.91 Å². The molecule has 34 heavy (non-hydrogen) atoms. The quantitative estimate of drug-likeness (QED) is 0.409. The largest absolute Gasteiger partial charge is 0.351 e. The van der Waals surface area contributed by atoms with Crippen molar-refractivity contribution in [3.05, 3.63) is 65.2 Å². The van der Waals surface area contributed by atoms with E-state index in [2.05, 4.69) is 60.7 Å². The molecular formula is C27H38N4O2S. The Bertz CT molecular complexity index is 938. The van der Waals surface area contributed by atoms with E-state index in [1.54, 1.807) is 24.3 Å². The average molecular weight is 483 g/mol. The first-order valence-corrected chi connectivity index (χ1v) is 12.5. The molecule has 2 aromatic rings. The molecule has 0 fully saturated rings. The maximum absolute atomic E-state index is 12.6. The van der Waals surface area contributed by atoms with Crippen LogP contribution in [-0.2, 0) is 11.2 Å². The Hall–Kier alpha value is -2.77. The second kappa shape index (κ2) is 13.8. The number of anilines is 1. The van der Waals surface area contributed by atoms with Crippen LogP contribution in [0.5, 0.6) is 0 Å². The number of rotatable bonds is 11. The molecule has 0 saturated heterocycles. The Morgan fingerprint density at radius 3 is 2.12 bits per heavy atom. The van der Waals surface area contributed by atoms with Crippen molar-refractivity contribution in [2.45, 2.75) is 47.0 Å². The lowest BCUT2D eigenvalue weighted by molar-refractivity contribution is -0.120. The summed E-state index contributed by atoms with van der Waals surface area (Å²) in [7, 11) is 0. The first kappa shape index (κ1) is 27.5. The van der Waals surface area contributed by atoms with E-state index in [0.29, 0.717) is 23.7 Å². The second-order valence-corrected chi connectivity index (χ2v) is 9.27. The van der Waals surface area contributed by atoms with Crippen LogP contribution >= 0.6 is 12.2 Å². The highest BCUT2D eigenvalue weighted by molar-refractivity contribution is 7.80. The molecule has 3 N–H and O–H groups in total. The summed E-state index contributed by atoms with van der Waals surface area (Å²) in [6, 6.07) is 15.2. The van der Waals surface area contributed by atoms with Crippen molar-refractivity contribution >= 4 is 34.8 Å². The van der Waals surface area contributed by atoms with Gasteiger partial charge >= 0.3 is 0 Å². The molecule has 0 aromatic heterocycles. The number of nitrogens with zero attached hydrogens (tertiary/aromatic N) is 1. The molecule has 2 amide bonds. The predicted molar refractivity (Wildman–Crippen MR) is 144 cm³/mol. The Labute approximate surface area is 209 Å². The van der Waals surface area contributed by atoms with E-state index < -0.39 is 0 Å². The zero-order chi connectivity index (χ0) is 25.1. The summed E-state index contributed by atoms with van der Waals surface area (Å²) in [6.07, 6.45) is 1.02. The van der Waals surface area contributed by atoms with Crippen molar-refractivity contribution in [2.75, 3.05) is 31.5 Å². The number of benzene rings is 2. The molecule has 0 saturated carbocycles. The van der Waals surface area contributed by atoms with E-state index >= 15 is 0 Å². The molecule has 0 aliphatic rings. The third kappa shape index (κ3) is 8.88. The summed E-state index contributed by atoms with van der Waals surface area (Å²) in [6.45, 7) is 13.8. The standard InChI is InChI=1S/C27H38N4O2S/c1-6-31(7-2)17-16-28-26(33)23-12-14-24(15-13-23)29-27(34)30-25(32)20(5)22-10-8-21(9-11-22)18-19(3)4/h8-15,19-20H,6-7,16-18H2,1-5H3,(H,28,33)(H2,29,30,32,34). The Morgan fingerprint density at radius 1 is 0.941 bits per heavy atom. The van der Waals surface area contributed by atoms with Crippen LogP contribution in [0.3, 0.4) is 0 Å². The van der Waals surface area contributed by atoms with Crippen LogP contribution in [0.2, 0.25) is 0 Å². The zero-order valence-electron chi connectivity index (χ0n) is 21.0. The molecule has 0 spiro atoms. The molecule has 2 aromatic carbocycles. The molecule has 2 rings (SSSR count). The molecule has 1 unspecified atom stereocenters. The summed E-state index contributed by atoms with van der Waals surface area (Å²) in [5, 5.41) is 8.94. The molecule has 184 valence electrons. The molecular weight excluding hydrogens is 444 g/mol. The number of hydrogen-bond acceptors (Lipinski definition) is 4. The van der Waals surface area contributed by atoms with Gasteiger partial charge in [0.15, 0.2) is 5.11 Å². The monoisotopic (exact) mass is 482 g/mol. The van der Waals surface area contributed by atoms with E-state index in [-0.39, 0.29) is 22.8 Å². The highest BCUT2D eigenvalue weighted by atomic mass is 32.1. The van der Waals surface area contributed by atoms with Crippen LogP contribution in [0.25, 0.3) is 0 Å². The Kier molecular flexibility index (Phi) is 11.2. The second-order valence-electron chi connectivity index (χ2n) is 8.86. The maximum Gasteiger partial charge on any atom is 0.251 e.